The molecule has 34 heavy (non-hydrogen) atoms. The number of aromatic nitrogens is 1. The number of ether oxygens (including phenoxy) is 3. The van der Waals surface area contributed by atoms with Crippen LogP contribution in [0.25, 0.3) is 5.76 Å². The van der Waals surface area contributed by atoms with E-state index < -0.39 is 17.7 Å². The van der Waals surface area contributed by atoms with Crippen LogP contribution in [0.5, 0.6) is 17.2 Å². The topological polar surface area (TPSA) is 98.2 Å². The van der Waals surface area contributed by atoms with Gasteiger partial charge in [0.25, 0.3) is 11.7 Å². The Kier molecular flexibility index (Phi) is 5.63. The van der Waals surface area contributed by atoms with E-state index in [0.29, 0.717) is 41.6 Å². The van der Waals surface area contributed by atoms with Gasteiger partial charge in [-0.3, -0.25) is 14.6 Å². The molecule has 3 heterocycles. The maximum absolute atomic E-state index is 13.3. The fourth-order valence-corrected chi connectivity index (χ4v) is 4.29. The van der Waals surface area contributed by atoms with E-state index in [1.54, 1.807) is 60.9 Å². The van der Waals surface area contributed by atoms with E-state index in [0.717, 1.165) is 5.56 Å². The third-order valence-corrected chi connectivity index (χ3v) is 5.86. The predicted octanol–water partition coefficient (Wildman–Crippen LogP) is 3.48. The van der Waals surface area contributed by atoms with Crippen LogP contribution in [-0.4, -0.2) is 47.0 Å². The van der Waals surface area contributed by atoms with Crippen LogP contribution in [-0.2, 0) is 16.1 Å². The quantitative estimate of drug-likeness (QED) is 0.355. The van der Waals surface area contributed by atoms with Crippen molar-refractivity contribution in [2.75, 3.05) is 20.3 Å². The number of carbonyl (C=O) groups is 2. The van der Waals surface area contributed by atoms with Crippen molar-refractivity contribution < 1.29 is 28.9 Å². The molecule has 1 atom stereocenters. The summed E-state index contributed by atoms with van der Waals surface area (Å²) in [6.07, 6.45) is 3.27. The number of para-hydroxylation sites is 1. The smallest absolute Gasteiger partial charge is 0.295 e. The second kappa shape index (κ2) is 8.90. The summed E-state index contributed by atoms with van der Waals surface area (Å²) in [4.78, 5) is 32.0. The minimum absolute atomic E-state index is 0.0185. The van der Waals surface area contributed by atoms with Crippen LogP contribution in [0.4, 0.5) is 0 Å². The number of fused-ring (bicyclic) bond motifs is 1. The molecule has 2 aromatic carbocycles. The summed E-state index contributed by atoms with van der Waals surface area (Å²) in [6.45, 7) is 0.957. The van der Waals surface area contributed by atoms with Crippen molar-refractivity contribution in [3.63, 3.8) is 0 Å². The van der Waals surface area contributed by atoms with E-state index in [2.05, 4.69) is 4.98 Å². The first-order chi connectivity index (χ1) is 16.6. The average Bonchev–Trinajstić information content (AvgIpc) is 3.13. The van der Waals surface area contributed by atoms with Gasteiger partial charge < -0.3 is 24.2 Å². The molecule has 0 bridgehead atoms. The Morgan fingerprint density at radius 1 is 1.09 bits per heavy atom. The maximum Gasteiger partial charge on any atom is 0.295 e. The van der Waals surface area contributed by atoms with Gasteiger partial charge in [-0.2, -0.15) is 0 Å². The number of methoxy groups -OCH3 is 1. The van der Waals surface area contributed by atoms with Crippen molar-refractivity contribution in [2.45, 2.75) is 12.6 Å². The molecule has 0 aliphatic carbocycles. The Balaban J connectivity index is 1.66. The zero-order chi connectivity index (χ0) is 23.7. The molecule has 1 N–H and O–H groups in total. The molecule has 3 aromatic rings. The minimum Gasteiger partial charge on any atom is -0.507 e. The van der Waals surface area contributed by atoms with Gasteiger partial charge in [0.1, 0.15) is 24.7 Å². The molecule has 172 valence electrons. The molecule has 0 spiro atoms. The van der Waals surface area contributed by atoms with Gasteiger partial charge in [0.05, 0.1) is 18.7 Å². The Bertz CT molecular complexity index is 1290. The normalized spacial score (nSPS) is 18.7. The van der Waals surface area contributed by atoms with Crippen LogP contribution in [0.1, 0.15) is 22.7 Å². The molecule has 0 saturated carbocycles. The molecule has 8 nitrogen and oxygen atoms in total. The van der Waals surface area contributed by atoms with Crippen molar-refractivity contribution in [1.82, 2.24) is 9.88 Å². The van der Waals surface area contributed by atoms with Gasteiger partial charge in [-0.25, -0.2) is 0 Å². The fraction of sp³-hybridized carbons (Fsp3) is 0.192. The highest BCUT2D eigenvalue weighted by Crippen LogP contribution is 2.44. The molecule has 5 rings (SSSR count). The number of carbonyl (C=O) groups excluding carboxylic acids is 2. The molecule has 2 aliphatic rings. The van der Waals surface area contributed by atoms with Crippen LogP contribution in [0.2, 0.25) is 0 Å². The molecular weight excluding hydrogens is 436 g/mol. The minimum atomic E-state index is -0.857. The number of amides is 1. The molecule has 2 aliphatic heterocycles. The third kappa shape index (κ3) is 3.73. The second-order valence-electron chi connectivity index (χ2n) is 7.89. The van der Waals surface area contributed by atoms with Gasteiger partial charge in [-0.1, -0.05) is 24.3 Å². The molecule has 1 saturated heterocycles. The Morgan fingerprint density at radius 2 is 1.88 bits per heavy atom. The van der Waals surface area contributed by atoms with Crippen LogP contribution in [0.15, 0.2) is 72.6 Å². The average molecular weight is 458 g/mol. The predicted molar refractivity (Wildman–Crippen MR) is 123 cm³/mol. The lowest BCUT2D eigenvalue weighted by Gasteiger charge is -2.26. The van der Waals surface area contributed by atoms with Gasteiger partial charge in [-0.05, 0) is 35.9 Å². The molecule has 0 radical (unpaired) electrons. The summed E-state index contributed by atoms with van der Waals surface area (Å²) in [6, 6.07) is 14.8. The number of ketones is 1. The van der Waals surface area contributed by atoms with Gasteiger partial charge >= 0.3 is 0 Å². The van der Waals surface area contributed by atoms with Crippen LogP contribution in [0.3, 0.4) is 0 Å². The van der Waals surface area contributed by atoms with Gasteiger partial charge in [0.15, 0.2) is 11.5 Å². The van der Waals surface area contributed by atoms with Crippen LogP contribution < -0.4 is 14.2 Å². The fourth-order valence-electron chi connectivity index (χ4n) is 4.29. The zero-order valence-electron chi connectivity index (χ0n) is 18.4. The molecule has 8 heteroatoms. The van der Waals surface area contributed by atoms with Crippen molar-refractivity contribution in [2.24, 2.45) is 0 Å². The van der Waals surface area contributed by atoms with E-state index in [1.165, 1.54) is 12.0 Å². The first-order valence-corrected chi connectivity index (χ1v) is 10.8. The Hall–Kier alpha value is -4.33. The highest BCUT2D eigenvalue weighted by atomic mass is 16.6. The van der Waals surface area contributed by atoms with Crippen LogP contribution in [0, 0.1) is 0 Å². The summed E-state index contributed by atoms with van der Waals surface area (Å²) in [5.74, 6) is -0.251. The highest BCUT2D eigenvalue weighted by Gasteiger charge is 2.47. The lowest BCUT2D eigenvalue weighted by Crippen LogP contribution is -2.29. The number of aliphatic hydroxyl groups excluding tert-OH is 1. The van der Waals surface area contributed by atoms with Crippen molar-refractivity contribution in [3.8, 4) is 17.2 Å². The Morgan fingerprint density at radius 3 is 2.65 bits per heavy atom. The number of rotatable bonds is 5. The highest BCUT2D eigenvalue weighted by molar-refractivity contribution is 6.46. The Labute approximate surface area is 196 Å². The monoisotopic (exact) mass is 458 g/mol. The maximum atomic E-state index is 13.3. The number of nitrogens with zero attached hydrogens (tertiary/aromatic N) is 2. The van der Waals surface area contributed by atoms with E-state index in [4.69, 9.17) is 14.2 Å². The van der Waals surface area contributed by atoms with E-state index in [9.17, 15) is 14.7 Å². The summed E-state index contributed by atoms with van der Waals surface area (Å²) >= 11 is 0. The SMILES string of the molecule is COc1ccccc1[C@H]1/C(=C(\O)c2ccc3c(c2)OCCO3)C(=O)C(=O)N1Cc1cccnc1. The zero-order valence-corrected chi connectivity index (χ0v) is 18.4. The second-order valence-corrected chi connectivity index (χ2v) is 7.89. The molecule has 1 fully saturated rings. The number of benzene rings is 2. The van der Waals surface area contributed by atoms with E-state index in [1.807, 2.05) is 6.07 Å². The number of likely N-dealkylation sites (tertiary alicyclic amines) is 1. The lowest BCUT2D eigenvalue weighted by atomic mass is 9.94. The van der Waals surface area contributed by atoms with E-state index in [-0.39, 0.29) is 17.9 Å². The number of Topliss-reactive ketones (excluding diaryl/α,β-unsaturated/α-hetero) is 1. The largest absolute Gasteiger partial charge is 0.507 e. The first kappa shape index (κ1) is 21.5. The summed E-state index contributed by atoms with van der Waals surface area (Å²) in [7, 11) is 1.52. The number of aliphatic hydroxyl groups is 1. The molecule has 1 amide bonds. The first-order valence-electron chi connectivity index (χ1n) is 10.8. The van der Waals surface area contributed by atoms with Crippen molar-refractivity contribution in [3.05, 3.63) is 89.3 Å². The van der Waals surface area contributed by atoms with Gasteiger partial charge in [0.2, 0.25) is 0 Å². The lowest BCUT2D eigenvalue weighted by molar-refractivity contribution is -0.140. The van der Waals surface area contributed by atoms with Crippen molar-refractivity contribution >= 4 is 17.4 Å². The number of pyridine rings is 1. The molecular formula is C26H22N2O6. The van der Waals surface area contributed by atoms with Gasteiger partial charge in [-0.15, -0.1) is 0 Å². The summed E-state index contributed by atoms with van der Waals surface area (Å²) in [5, 5.41) is 11.3. The number of hydrogen-bond donors (Lipinski definition) is 1. The molecule has 0 unspecified atom stereocenters. The van der Waals surface area contributed by atoms with Crippen molar-refractivity contribution in [1.29, 1.82) is 0 Å². The van der Waals surface area contributed by atoms with Gasteiger partial charge in [0, 0.05) is 30.1 Å². The number of hydrogen-bond acceptors (Lipinski definition) is 7. The standard InChI is InChI=1S/C26H22N2O6/c1-32-19-7-3-2-6-18(19)23-22(24(29)17-8-9-20-21(13-17)34-12-11-33-20)25(30)26(31)28(23)15-16-5-4-10-27-14-16/h2-10,13-14,23,29H,11-12,15H2,1H3/b24-22+/t23-/m0/s1. The summed E-state index contributed by atoms with van der Waals surface area (Å²) < 4.78 is 16.7. The third-order valence-electron chi connectivity index (χ3n) is 5.86. The molecule has 1 aromatic heterocycles. The summed E-state index contributed by atoms with van der Waals surface area (Å²) in [5.41, 5.74) is 1.68. The van der Waals surface area contributed by atoms with Crippen LogP contribution >= 0.6 is 0 Å². The van der Waals surface area contributed by atoms with E-state index >= 15 is 0 Å².